The summed E-state index contributed by atoms with van der Waals surface area (Å²) in [6.45, 7) is 0.332. The van der Waals surface area contributed by atoms with E-state index >= 15 is 0 Å². The Kier molecular flexibility index (Phi) is 3.31. The van der Waals surface area contributed by atoms with Crippen LogP contribution in [0.5, 0.6) is 0 Å². The molecule has 98 valence electrons. The van der Waals surface area contributed by atoms with Crippen LogP contribution in [0.1, 0.15) is 30.0 Å². The number of aryl methyl sites for hydroxylation is 1. The highest BCUT2D eigenvalue weighted by atomic mass is 16.2. The third-order valence-electron chi connectivity index (χ3n) is 3.59. The molecule has 0 saturated carbocycles. The lowest BCUT2D eigenvalue weighted by molar-refractivity contribution is -0.122. The number of carbonyl (C=O) groups excluding carboxylic acids is 1. The first-order valence-electron chi connectivity index (χ1n) is 6.66. The first kappa shape index (κ1) is 12.0. The zero-order chi connectivity index (χ0) is 13.1. The van der Waals surface area contributed by atoms with Crippen LogP contribution in [-0.4, -0.2) is 15.5 Å². The Labute approximate surface area is 112 Å². The number of nitrogens with zero attached hydrogens (tertiary/aromatic N) is 2. The van der Waals surface area contributed by atoms with Crippen molar-refractivity contribution in [3.05, 3.63) is 54.1 Å². The molecule has 1 atom stereocenters. The summed E-state index contributed by atoms with van der Waals surface area (Å²) in [5, 5.41) is 3.13. The Morgan fingerprint density at radius 2 is 2.32 bits per heavy atom. The number of imidazole rings is 1. The molecule has 1 aromatic carbocycles. The number of benzene rings is 1. The van der Waals surface area contributed by atoms with Gasteiger partial charge in [0.25, 0.3) is 0 Å². The van der Waals surface area contributed by atoms with Crippen molar-refractivity contribution in [1.29, 1.82) is 0 Å². The van der Waals surface area contributed by atoms with Crippen molar-refractivity contribution < 1.29 is 4.79 Å². The monoisotopic (exact) mass is 255 g/mol. The van der Waals surface area contributed by atoms with Crippen LogP contribution in [-0.2, 0) is 17.8 Å². The highest BCUT2D eigenvalue weighted by Gasteiger charge is 2.21. The van der Waals surface area contributed by atoms with Crippen LogP contribution in [0.3, 0.4) is 0 Å². The molecule has 1 aliphatic carbocycles. The van der Waals surface area contributed by atoms with Crippen LogP contribution >= 0.6 is 0 Å². The summed E-state index contributed by atoms with van der Waals surface area (Å²) in [6.07, 6.45) is 8.41. The van der Waals surface area contributed by atoms with E-state index in [4.69, 9.17) is 0 Å². The highest BCUT2D eigenvalue weighted by Crippen LogP contribution is 2.29. The number of hydrogen-bond donors (Lipinski definition) is 1. The number of carbonyl (C=O) groups is 1. The van der Waals surface area contributed by atoms with Crippen LogP contribution in [0.2, 0.25) is 0 Å². The second kappa shape index (κ2) is 5.26. The zero-order valence-corrected chi connectivity index (χ0v) is 10.7. The summed E-state index contributed by atoms with van der Waals surface area (Å²) in [5.74, 6) is 0.0414. The number of aromatic nitrogens is 2. The molecular formula is C15H17N3O. The normalized spacial score (nSPS) is 17.8. The fourth-order valence-electron chi connectivity index (χ4n) is 2.69. The van der Waals surface area contributed by atoms with Gasteiger partial charge in [-0.05, 0) is 30.4 Å². The molecule has 1 N–H and O–H groups in total. The number of rotatable bonds is 3. The first-order valence-corrected chi connectivity index (χ1v) is 6.66. The topological polar surface area (TPSA) is 46.9 Å². The summed E-state index contributed by atoms with van der Waals surface area (Å²) in [4.78, 5) is 16.0. The number of nitrogens with one attached hydrogen (secondary N) is 1. The maximum absolute atomic E-state index is 12.0. The molecule has 1 amide bonds. The average Bonchev–Trinajstić information content (AvgIpc) is 2.92. The Bertz CT molecular complexity index is 563. The summed E-state index contributed by atoms with van der Waals surface area (Å²) in [6, 6.07) is 8.54. The molecule has 2 aromatic rings. The molecule has 19 heavy (non-hydrogen) atoms. The summed E-state index contributed by atoms with van der Waals surface area (Å²) in [7, 11) is 0. The third-order valence-corrected chi connectivity index (χ3v) is 3.59. The van der Waals surface area contributed by atoms with Crippen molar-refractivity contribution in [2.45, 2.75) is 31.8 Å². The number of amides is 1. The predicted octanol–water partition coefficient (Wildman–Crippen LogP) is 2.08. The summed E-state index contributed by atoms with van der Waals surface area (Å²) < 4.78 is 1.78. The molecule has 0 spiro atoms. The second-order valence-corrected chi connectivity index (χ2v) is 4.95. The molecule has 4 nitrogen and oxygen atoms in total. The SMILES string of the molecule is O=C(Cn1ccnc1)NC1CCCc2ccccc21. The Hall–Kier alpha value is -2.10. The molecule has 0 radical (unpaired) electrons. The smallest absolute Gasteiger partial charge is 0.240 e. The van der Waals surface area contributed by atoms with E-state index in [1.54, 1.807) is 23.3 Å². The minimum absolute atomic E-state index is 0.0414. The van der Waals surface area contributed by atoms with E-state index in [9.17, 15) is 4.79 Å². The minimum Gasteiger partial charge on any atom is -0.348 e. The van der Waals surface area contributed by atoms with Gasteiger partial charge in [-0.15, -0.1) is 0 Å². The largest absolute Gasteiger partial charge is 0.348 e. The van der Waals surface area contributed by atoms with Crippen LogP contribution < -0.4 is 5.32 Å². The van der Waals surface area contributed by atoms with E-state index in [1.165, 1.54) is 11.1 Å². The van der Waals surface area contributed by atoms with E-state index in [-0.39, 0.29) is 11.9 Å². The molecule has 1 aromatic heterocycles. The summed E-state index contributed by atoms with van der Waals surface area (Å²) in [5.41, 5.74) is 2.63. The van der Waals surface area contributed by atoms with Crippen molar-refractivity contribution in [1.82, 2.24) is 14.9 Å². The van der Waals surface area contributed by atoms with Gasteiger partial charge in [-0.3, -0.25) is 4.79 Å². The fourth-order valence-corrected chi connectivity index (χ4v) is 2.69. The molecule has 3 rings (SSSR count). The highest BCUT2D eigenvalue weighted by molar-refractivity contribution is 5.76. The van der Waals surface area contributed by atoms with Gasteiger partial charge in [-0.1, -0.05) is 24.3 Å². The van der Waals surface area contributed by atoms with Gasteiger partial charge in [0.1, 0.15) is 6.54 Å². The van der Waals surface area contributed by atoms with Gasteiger partial charge in [0.2, 0.25) is 5.91 Å². The molecule has 0 saturated heterocycles. The second-order valence-electron chi connectivity index (χ2n) is 4.95. The van der Waals surface area contributed by atoms with Gasteiger partial charge < -0.3 is 9.88 Å². The van der Waals surface area contributed by atoms with Crippen molar-refractivity contribution >= 4 is 5.91 Å². The molecule has 0 bridgehead atoms. The van der Waals surface area contributed by atoms with E-state index in [0.717, 1.165) is 19.3 Å². The Morgan fingerprint density at radius 1 is 1.42 bits per heavy atom. The van der Waals surface area contributed by atoms with E-state index in [0.29, 0.717) is 6.54 Å². The van der Waals surface area contributed by atoms with Gasteiger partial charge >= 0.3 is 0 Å². The lowest BCUT2D eigenvalue weighted by atomic mass is 9.88. The number of fused-ring (bicyclic) bond motifs is 1. The molecular weight excluding hydrogens is 238 g/mol. The van der Waals surface area contributed by atoms with Crippen LogP contribution in [0.15, 0.2) is 43.0 Å². The third kappa shape index (κ3) is 2.67. The molecule has 1 unspecified atom stereocenters. The van der Waals surface area contributed by atoms with E-state index in [2.05, 4.69) is 28.5 Å². The van der Waals surface area contributed by atoms with E-state index in [1.807, 2.05) is 6.07 Å². The lowest BCUT2D eigenvalue weighted by Gasteiger charge is -2.26. The van der Waals surface area contributed by atoms with Crippen molar-refractivity contribution in [2.24, 2.45) is 0 Å². The minimum atomic E-state index is 0.0414. The fraction of sp³-hybridized carbons (Fsp3) is 0.333. The molecule has 1 heterocycles. The molecule has 4 heteroatoms. The maximum atomic E-state index is 12.0. The first-order chi connectivity index (χ1) is 9.33. The van der Waals surface area contributed by atoms with Crippen molar-refractivity contribution in [2.75, 3.05) is 0 Å². The Balaban J connectivity index is 1.69. The Morgan fingerprint density at radius 3 is 3.16 bits per heavy atom. The van der Waals surface area contributed by atoms with Gasteiger partial charge in [-0.25, -0.2) is 4.98 Å². The quantitative estimate of drug-likeness (QED) is 0.912. The van der Waals surface area contributed by atoms with Crippen LogP contribution in [0.4, 0.5) is 0 Å². The summed E-state index contributed by atoms with van der Waals surface area (Å²) >= 11 is 0. The lowest BCUT2D eigenvalue weighted by Crippen LogP contribution is -2.33. The van der Waals surface area contributed by atoms with Gasteiger partial charge in [0.05, 0.1) is 12.4 Å². The number of hydrogen-bond acceptors (Lipinski definition) is 2. The van der Waals surface area contributed by atoms with Gasteiger partial charge in [0, 0.05) is 12.4 Å². The molecule has 0 fully saturated rings. The average molecular weight is 255 g/mol. The van der Waals surface area contributed by atoms with Crippen LogP contribution in [0.25, 0.3) is 0 Å². The zero-order valence-electron chi connectivity index (χ0n) is 10.7. The van der Waals surface area contributed by atoms with Crippen LogP contribution in [0, 0.1) is 0 Å². The molecule has 0 aliphatic heterocycles. The molecule has 1 aliphatic rings. The van der Waals surface area contributed by atoms with Crippen molar-refractivity contribution in [3.8, 4) is 0 Å². The standard InChI is InChI=1S/C15H17N3O/c19-15(10-18-9-8-16-11-18)17-14-7-3-5-12-4-1-2-6-13(12)14/h1-2,4,6,8-9,11,14H,3,5,7,10H2,(H,17,19). The maximum Gasteiger partial charge on any atom is 0.240 e. The predicted molar refractivity (Wildman–Crippen MR) is 72.5 cm³/mol. The van der Waals surface area contributed by atoms with Gasteiger partial charge in [-0.2, -0.15) is 0 Å². The van der Waals surface area contributed by atoms with E-state index < -0.39 is 0 Å². The van der Waals surface area contributed by atoms with Crippen molar-refractivity contribution in [3.63, 3.8) is 0 Å². The van der Waals surface area contributed by atoms with Gasteiger partial charge in [0.15, 0.2) is 0 Å².